The van der Waals surface area contributed by atoms with Gasteiger partial charge in [-0.25, -0.2) is 0 Å². The molecule has 3 rings (SSSR count). The van der Waals surface area contributed by atoms with Gasteiger partial charge in [0.15, 0.2) is 0 Å². The highest BCUT2D eigenvalue weighted by atomic mass is 16.3. The van der Waals surface area contributed by atoms with Crippen LogP contribution in [-0.4, -0.2) is 11.2 Å². The van der Waals surface area contributed by atoms with E-state index in [1.165, 1.54) is 6.42 Å². The van der Waals surface area contributed by atoms with Crippen molar-refractivity contribution < 1.29 is 5.11 Å². The normalized spacial score (nSPS) is 46.8. The van der Waals surface area contributed by atoms with Gasteiger partial charge in [0, 0.05) is 0 Å². The lowest BCUT2D eigenvalue weighted by Crippen LogP contribution is -2.53. The minimum absolute atomic E-state index is 0.202. The number of hydrogen-bond acceptors (Lipinski definition) is 1. The van der Waals surface area contributed by atoms with Gasteiger partial charge in [0.1, 0.15) is 0 Å². The Labute approximate surface area is 68.1 Å². The molecule has 0 radical (unpaired) electrons. The van der Waals surface area contributed by atoms with Crippen molar-refractivity contribution in [3.8, 4) is 0 Å². The van der Waals surface area contributed by atoms with Crippen molar-refractivity contribution in [3.05, 3.63) is 12.2 Å². The quantitative estimate of drug-likeness (QED) is 0.526. The Morgan fingerprint density at radius 3 is 2.45 bits per heavy atom. The summed E-state index contributed by atoms with van der Waals surface area (Å²) in [4.78, 5) is 0. The third-order valence-corrected chi connectivity index (χ3v) is 3.85. The van der Waals surface area contributed by atoms with Crippen LogP contribution in [0.1, 0.15) is 26.7 Å². The Morgan fingerprint density at radius 1 is 1.45 bits per heavy atom. The van der Waals surface area contributed by atoms with Crippen molar-refractivity contribution in [1.29, 1.82) is 0 Å². The molecule has 0 aromatic rings. The molecule has 2 bridgehead atoms. The maximum Gasteiger partial charge on any atom is 0.0753 e. The van der Waals surface area contributed by atoms with Crippen molar-refractivity contribution in [2.75, 3.05) is 0 Å². The molecular formula is C10H16O. The lowest BCUT2D eigenvalue weighted by molar-refractivity contribution is -0.0705. The molecular weight excluding hydrogens is 136 g/mol. The molecule has 3 fully saturated rings. The molecule has 0 saturated heterocycles. The summed E-state index contributed by atoms with van der Waals surface area (Å²) in [5.74, 6) is 1.34. The molecule has 1 N–H and O–H groups in total. The molecule has 0 spiro atoms. The van der Waals surface area contributed by atoms with Gasteiger partial charge in [0.2, 0.25) is 0 Å². The first-order chi connectivity index (χ1) is 5.03. The Morgan fingerprint density at radius 2 is 2.09 bits per heavy atom. The predicted molar refractivity (Wildman–Crippen MR) is 45.1 cm³/mol. The SMILES string of the molecule is C=C1C(O)C[C@@H]2C[C@H]1C2(C)C. The fourth-order valence-electron chi connectivity index (χ4n) is 2.70. The van der Waals surface area contributed by atoms with E-state index in [9.17, 15) is 5.11 Å². The van der Waals surface area contributed by atoms with Crippen LogP contribution in [0.15, 0.2) is 12.2 Å². The number of fused-ring (bicyclic) bond motifs is 2. The molecule has 0 aromatic carbocycles. The molecule has 0 aliphatic heterocycles. The van der Waals surface area contributed by atoms with Gasteiger partial charge in [0.25, 0.3) is 0 Å². The number of aliphatic hydroxyl groups excluding tert-OH is 1. The van der Waals surface area contributed by atoms with Gasteiger partial charge in [-0.2, -0.15) is 0 Å². The molecule has 3 aliphatic rings. The van der Waals surface area contributed by atoms with E-state index in [1.54, 1.807) is 0 Å². The van der Waals surface area contributed by atoms with Crippen molar-refractivity contribution in [3.63, 3.8) is 0 Å². The van der Waals surface area contributed by atoms with E-state index in [0.29, 0.717) is 11.3 Å². The maximum absolute atomic E-state index is 9.51. The predicted octanol–water partition coefficient (Wildman–Crippen LogP) is 1.97. The third kappa shape index (κ3) is 0.750. The standard InChI is InChI=1S/C10H16O/c1-6-8-4-7(5-9(6)11)10(8,2)3/h7-9,11H,1,4-5H2,2-3H3/t7-,8+,9?/m0/s1. The van der Waals surface area contributed by atoms with E-state index in [2.05, 4.69) is 20.4 Å². The first kappa shape index (κ1) is 7.35. The highest BCUT2D eigenvalue weighted by Gasteiger charge is 2.54. The lowest BCUT2D eigenvalue weighted by atomic mass is 9.47. The van der Waals surface area contributed by atoms with Gasteiger partial charge >= 0.3 is 0 Å². The fourth-order valence-corrected chi connectivity index (χ4v) is 2.70. The van der Waals surface area contributed by atoms with Crippen molar-refractivity contribution in [2.24, 2.45) is 17.3 Å². The Kier molecular flexibility index (Phi) is 1.26. The van der Waals surface area contributed by atoms with Gasteiger partial charge in [-0.05, 0) is 35.7 Å². The van der Waals surface area contributed by atoms with E-state index in [1.807, 2.05) is 0 Å². The molecule has 1 nitrogen and oxygen atoms in total. The summed E-state index contributed by atoms with van der Waals surface area (Å²) >= 11 is 0. The van der Waals surface area contributed by atoms with Crippen LogP contribution >= 0.6 is 0 Å². The summed E-state index contributed by atoms with van der Waals surface area (Å²) < 4.78 is 0. The Balaban J connectivity index is 2.23. The molecule has 62 valence electrons. The monoisotopic (exact) mass is 152 g/mol. The zero-order chi connectivity index (χ0) is 8.22. The molecule has 11 heavy (non-hydrogen) atoms. The summed E-state index contributed by atoms with van der Waals surface area (Å²) in [5, 5.41) is 9.51. The van der Waals surface area contributed by atoms with Crippen LogP contribution in [0.3, 0.4) is 0 Å². The maximum atomic E-state index is 9.51. The van der Waals surface area contributed by atoms with Crippen molar-refractivity contribution in [1.82, 2.24) is 0 Å². The van der Waals surface area contributed by atoms with E-state index >= 15 is 0 Å². The van der Waals surface area contributed by atoms with Crippen LogP contribution in [0.4, 0.5) is 0 Å². The number of aliphatic hydroxyl groups is 1. The average Bonchev–Trinajstić information content (AvgIpc) is 1.93. The highest BCUT2D eigenvalue weighted by Crippen LogP contribution is 2.60. The minimum Gasteiger partial charge on any atom is -0.389 e. The summed E-state index contributed by atoms with van der Waals surface area (Å²) in [6, 6.07) is 0. The first-order valence-corrected chi connectivity index (χ1v) is 4.40. The summed E-state index contributed by atoms with van der Waals surface area (Å²) in [6.07, 6.45) is 2.01. The Bertz CT molecular complexity index is 205. The van der Waals surface area contributed by atoms with Crippen molar-refractivity contribution >= 4 is 0 Å². The summed E-state index contributed by atoms with van der Waals surface area (Å²) in [5.41, 5.74) is 1.51. The highest BCUT2D eigenvalue weighted by molar-refractivity contribution is 5.22. The van der Waals surface area contributed by atoms with Crippen molar-refractivity contribution in [2.45, 2.75) is 32.8 Å². The molecule has 0 aromatic heterocycles. The number of hydrogen-bond donors (Lipinski definition) is 1. The van der Waals surface area contributed by atoms with E-state index in [4.69, 9.17) is 0 Å². The van der Waals surface area contributed by atoms with Gasteiger partial charge in [0.05, 0.1) is 6.10 Å². The van der Waals surface area contributed by atoms with Gasteiger partial charge in [-0.15, -0.1) is 0 Å². The largest absolute Gasteiger partial charge is 0.389 e. The second-order valence-corrected chi connectivity index (χ2v) is 4.63. The molecule has 3 atom stereocenters. The molecule has 3 aliphatic carbocycles. The lowest BCUT2D eigenvalue weighted by Gasteiger charge is -2.59. The van der Waals surface area contributed by atoms with E-state index in [0.717, 1.165) is 17.9 Å². The van der Waals surface area contributed by atoms with Gasteiger partial charge in [-0.1, -0.05) is 20.4 Å². The second kappa shape index (κ2) is 1.89. The topological polar surface area (TPSA) is 20.2 Å². The van der Waals surface area contributed by atoms with Crippen LogP contribution in [0, 0.1) is 17.3 Å². The van der Waals surface area contributed by atoms with Crippen LogP contribution in [0.25, 0.3) is 0 Å². The summed E-state index contributed by atoms with van der Waals surface area (Å²) in [7, 11) is 0. The Hall–Kier alpha value is -0.300. The molecule has 0 heterocycles. The second-order valence-electron chi connectivity index (χ2n) is 4.63. The molecule has 3 saturated carbocycles. The van der Waals surface area contributed by atoms with Gasteiger partial charge < -0.3 is 5.11 Å². The average molecular weight is 152 g/mol. The minimum atomic E-state index is -0.202. The molecule has 0 amide bonds. The fraction of sp³-hybridized carbons (Fsp3) is 0.800. The van der Waals surface area contributed by atoms with Crippen LogP contribution in [0.2, 0.25) is 0 Å². The molecule has 1 heteroatoms. The van der Waals surface area contributed by atoms with E-state index < -0.39 is 0 Å². The van der Waals surface area contributed by atoms with Crippen LogP contribution < -0.4 is 0 Å². The van der Waals surface area contributed by atoms with Crippen LogP contribution in [-0.2, 0) is 0 Å². The first-order valence-electron chi connectivity index (χ1n) is 4.40. The summed E-state index contributed by atoms with van der Waals surface area (Å²) in [6.45, 7) is 8.55. The third-order valence-electron chi connectivity index (χ3n) is 3.85. The zero-order valence-electron chi connectivity index (χ0n) is 7.30. The molecule has 1 unspecified atom stereocenters. The van der Waals surface area contributed by atoms with Gasteiger partial charge in [-0.3, -0.25) is 0 Å². The number of rotatable bonds is 0. The smallest absolute Gasteiger partial charge is 0.0753 e. The van der Waals surface area contributed by atoms with Crippen LogP contribution in [0.5, 0.6) is 0 Å². The van der Waals surface area contributed by atoms with E-state index in [-0.39, 0.29) is 6.10 Å². The zero-order valence-corrected chi connectivity index (χ0v) is 7.30.